The number of fused-ring (bicyclic) bond motifs is 3. The number of carboxylic acid groups (broad SMARTS) is 1. The third kappa shape index (κ3) is 5.00. The quantitative estimate of drug-likeness (QED) is 0.273. The maximum atomic E-state index is 13.5. The van der Waals surface area contributed by atoms with Gasteiger partial charge in [0.1, 0.15) is 12.2 Å². The second-order valence-corrected chi connectivity index (χ2v) is 11.2. The van der Waals surface area contributed by atoms with Gasteiger partial charge in [-0.1, -0.05) is 53.6 Å². The van der Waals surface area contributed by atoms with Crippen LogP contribution in [0.3, 0.4) is 0 Å². The highest BCUT2D eigenvalue weighted by Crippen LogP contribution is 2.40. The standard InChI is InChI=1S/C32H30ClN5O3/c1-20-8-11-28-25(14-20)26(16-30(39)40)29-12-13-32(18-37(28)29,22-6-4-3-5-7-22)17-34-31(41)24-10-9-23(15-27(24)33)38-19-35-21(2)36-38/h3-11,14-15,19H,12-13,16-18H2,1-2H3,(H,34,41)(H,39,40)/t32-/m1/s1. The van der Waals surface area contributed by atoms with Gasteiger partial charge in [-0.15, -0.1) is 0 Å². The number of hydrogen-bond donors (Lipinski definition) is 2. The first kappa shape index (κ1) is 26.8. The minimum absolute atomic E-state index is 0.0139. The van der Waals surface area contributed by atoms with Gasteiger partial charge in [0, 0.05) is 35.1 Å². The molecule has 1 atom stereocenters. The van der Waals surface area contributed by atoms with E-state index in [4.69, 9.17) is 11.6 Å². The van der Waals surface area contributed by atoms with Crippen LogP contribution in [0.4, 0.5) is 0 Å². The predicted octanol–water partition coefficient (Wildman–Crippen LogP) is 5.43. The lowest BCUT2D eigenvalue weighted by atomic mass is 9.73. The summed E-state index contributed by atoms with van der Waals surface area (Å²) >= 11 is 6.57. The normalized spacial score (nSPS) is 16.5. The van der Waals surface area contributed by atoms with Crippen molar-refractivity contribution in [2.75, 3.05) is 6.54 Å². The van der Waals surface area contributed by atoms with E-state index in [1.165, 1.54) is 0 Å². The average Bonchev–Trinajstić information content (AvgIpc) is 3.52. The monoisotopic (exact) mass is 567 g/mol. The van der Waals surface area contributed by atoms with Crippen LogP contribution in [-0.4, -0.2) is 42.9 Å². The Balaban J connectivity index is 1.33. The van der Waals surface area contributed by atoms with Gasteiger partial charge < -0.3 is 15.0 Å². The summed E-state index contributed by atoms with van der Waals surface area (Å²) in [6.07, 6.45) is 3.06. The lowest BCUT2D eigenvalue weighted by molar-refractivity contribution is -0.136. The minimum atomic E-state index is -0.837. The molecule has 9 heteroatoms. The molecular weight excluding hydrogens is 538 g/mol. The molecule has 3 aromatic carbocycles. The van der Waals surface area contributed by atoms with E-state index in [2.05, 4.69) is 50.3 Å². The number of rotatable bonds is 7. The molecule has 0 spiro atoms. The van der Waals surface area contributed by atoms with E-state index in [9.17, 15) is 14.7 Å². The number of aromatic nitrogens is 4. The van der Waals surface area contributed by atoms with Gasteiger partial charge >= 0.3 is 5.97 Å². The van der Waals surface area contributed by atoms with Gasteiger partial charge in [-0.3, -0.25) is 9.59 Å². The zero-order chi connectivity index (χ0) is 28.7. The van der Waals surface area contributed by atoms with Crippen molar-refractivity contribution < 1.29 is 14.7 Å². The van der Waals surface area contributed by atoms with Gasteiger partial charge in [-0.25, -0.2) is 9.67 Å². The van der Waals surface area contributed by atoms with E-state index in [0.29, 0.717) is 35.9 Å². The third-order valence-corrected chi connectivity index (χ3v) is 8.43. The molecule has 2 N–H and O–H groups in total. The van der Waals surface area contributed by atoms with Gasteiger partial charge in [-0.2, -0.15) is 5.10 Å². The van der Waals surface area contributed by atoms with Gasteiger partial charge in [0.15, 0.2) is 0 Å². The van der Waals surface area contributed by atoms with E-state index in [1.54, 1.807) is 36.1 Å². The highest BCUT2D eigenvalue weighted by molar-refractivity contribution is 6.34. The van der Waals surface area contributed by atoms with Crippen molar-refractivity contribution in [3.05, 3.63) is 112 Å². The minimum Gasteiger partial charge on any atom is -0.481 e. The maximum Gasteiger partial charge on any atom is 0.307 e. The van der Waals surface area contributed by atoms with Crippen molar-refractivity contribution in [1.82, 2.24) is 24.6 Å². The molecule has 1 aliphatic rings. The second-order valence-electron chi connectivity index (χ2n) is 10.8. The van der Waals surface area contributed by atoms with Crippen LogP contribution < -0.4 is 5.32 Å². The largest absolute Gasteiger partial charge is 0.481 e. The van der Waals surface area contributed by atoms with Crippen LogP contribution in [0.25, 0.3) is 16.6 Å². The van der Waals surface area contributed by atoms with Crippen LogP contribution in [0.15, 0.2) is 73.1 Å². The Kier molecular flexibility index (Phi) is 6.87. The smallest absolute Gasteiger partial charge is 0.307 e. The molecule has 0 radical (unpaired) electrons. The SMILES string of the molecule is Cc1ccc2c(c1)c(CC(=O)O)c1n2C[C@@](CNC(=O)c2ccc(-n3cnc(C)n3)cc2Cl)(c2ccccc2)CC1. The second kappa shape index (κ2) is 10.5. The first-order valence-electron chi connectivity index (χ1n) is 13.6. The Hall–Kier alpha value is -4.43. The number of carboxylic acids is 1. The number of nitrogens with one attached hydrogen (secondary N) is 1. The van der Waals surface area contributed by atoms with Crippen molar-refractivity contribution in [2.45, 2.75) is 45.1 Å². The fourth-order valence-electron chi connectivity index (χ4n) is 6.06. The Labute approximate surface area is 242 Å². The molecule has 0 bridgehead atoms. The number of carbonyl (C=O) groups is 2. The maximum absolute atomic E-state index is 13.5. The summed E-state index contributed by atoms with van der Waals surface area (Å²) in [5.74, 6) is -0.446. The molecule has 1 aliphatic heterocycles. The Morgan fingerprint density at radius 1 is 1.07 bits per heavy atom. The number of amides is 1. The summed E-state index contributed by atoms with van der Waals surface area (Å²) in [4.78, 5) is 29.4. The number of hydrogen-bond acceptors (Lipinski definition) is 4. The van der Waals surface area contributed by atoms with E-state index >= 15 is 0 Å². The van der Waals surface area contributed by atoms with Crippen LogP contribution >= 0.6 is 11.6 Å². The molecule has 1 amide bonds. The molecule has 41 heavy (non-hydrogen) atoms. The van der Waals surface area contributed by atoms with Crippen LogP contribution in [0.1, 0.15) is 45.0 Å². The third-order valence-electron chi connectivity index (χ3n) is 8.11. The summed E-state index contributed by atoms with van der Waals surface area (Å²) in [6, 6.07) is 21.7. The lowest BCUT2D eigenvalue weighted by Crippen LogP contribution is -2.46. The molecule has 0 saturated carbocycles. The summed E-state index contributed by atoms with van der Waals surface area (Å²) < 4.78 is 3.88. The summed E-state index contributed by atoms with van der Waals surface area (Å²) in [6.45, 7) is 4.84. The van der Waals surface area contributed by atoms with Crippen LogP contribution in [0.2, 0.25) is 5.02 Å². The number of carbonyl (C=O) groups excluding carboxylic acids is 1. The Bertz CT molecular complexity index is 1790. The summed E-state index contributed by atoms with van der Waals surface area (Å²) in [5.41, 5.74) is 5.90. The van der Waals surface area contributed by atoms with Crippen LogP contribution in [0, 0.1) is 13.8 Å². The van der Waals surface area contributed by atoms with E-state index < -0.39 is 11.4 Å². The van der Waals surface area contributed by atoms with Gasteiger partial charge in [0.05, 0.1) is 22.7 Å². The number of aliphatic carboxylic acids is 1. The topological polar surface area (TPSA) is 102 Å². The van der Waals surface area contributed by atoms with Gasteiger partial charge in [0.2, 0.25) is 0 Å². The number of aryl methyl sites for hydroxylation is 2. The zero-order valence-corrected chi connectivity index (χ0v) is 23.7. The molecule has 3 heterocycles. The van der Waals surface area contributed by atoms with Crippen LogP contribution in [-0.2, 0) is 29.6 Å². The van der Waals surface area contributed by atoms with E-state index in [-0.39, 0.29) is 12.3 Å². The average molecular weight is 568 g/mol. The number of benzene rings is 3. The molecule has 5 aromatic rings. The number of halogens is 1. The number of nitrogens with zero attached hydrogens (tertiary/aromatic N) is 4. The van der Waals surface area contributed by atoms with Gasteiger partial charge in [0.25, 0.3) is 5.91 Å². The first-order chi connectivity index (χ1) is 19.7. The van der Waals surface area contributed by atoms with E-state index in [1.807, 2.05) is 25.1 Å². The fraction of sp³-hybridized carbons (Fsp3) is 0.250. The predicted molar refractivity (Wildman–Crippen MR) is 158 cm³/mol. The highest BCUT2D eigenvalue weighted by Gasteiger charge is 2.39. The van der Waals surface area contributed by atoms with E-state index in [0.717, 1.165) is 45.4 Å². The molecule has 0 fully saturated rings. The van der Waals surface area contributed by atoms with Crippen molar-refractivity contribution in [2.24, 2.45) is 0 Å². The summed E-state index contributed by atoms with van der Waals surface area (Å²) in [7, 11) is 0. The summed E-state index contributed by atoms with van der Waals surface area (Å²) in [5, 5.41) is 18.5. The van der Waals surface area contributed by atoms with Crippen molar-refractivity contribution in [1.29, 1.82) is 0 Å². The van der Waals surface area contributed by atoms with Gasteiger partial charge in [-0.05, 0) is 68.1 Å². The zero-order valence-electron chi connectivity index (χ0n) is 22.9. The molecule has 208 valence electrons. The van der Waals surface area contributed by atoms with Crippen molar-refractivity contribution >= 4 is 34.4 Å². The molecule has 0 saturated heterocycles. The Morgan fingerprint density at radius 3 is 2.59 bits per heavy atom. The molecule has 0 unspecified atom stereocenters. The molecule has 6 rings (SSSR count). The highest BCUT2D eigenvalue weighted by atomic mass is 35.5. The van der Waals surface area contributed by atoms with Crippen molar-refractivity contribution in [3.63, 3.8) is 0 Å². The first-order valence-corrected chi connectivity index (χ1v) is 14.0. The van der Waals surface area contributed by atoms with Crippen LogP contribution in [0.5, 0.6) is 0 Å². The fourth-order valence-corrected chi connectivity index (χ4v) is 6.32. The molecule has 0 aliphatic carbocycles. The molecule has 8 nitrogen and oxygen atoms in total. The lowest BCUT2D eigenvalue weighted by Gasteiger charge is -2.40. The van der Waals surface area contributed by atoms with Crippen molar-refractivity contribution in [3.8, 4) is 5.69 Å². The molecular formula is C32H30ClN5O3. The molecule has 2 aromatic heterocycles. The Morgan fingerprint density at radius 2 is 1.88 bits per heavy atom.